The molecule has 3 aromatic rings. The van der Waals surface area contributed by atoms with E-state index in [1.54, 1.807) is 18.3 Å². The number of fused-ring (bicyclic) bond motifs is 3. The summed E-state index contributed by atoms with van der Waals surface area (Å²) in [6.45, 7) is 6.23. The first-order valence-electron chi connectivity index (χ1n) is 11.2. The van der Waals surface area contributed by atoms with Gasteiger partial charge < -0.3 is 30.8 Å². The number of nitrogens with one attached hydrogen (secondary N) is 1. The molecule has 0 amide bonds. The zero-order valence-electron chi connectivity index (χ0n) is 19.8. The molecule has 1 heterocycles. The molecule has 0 saturated carbocycles. The molecule has 1 aromatic heterocycles. The molecule has 0 fully saturated rings. The number of benzene rings is 2. The van der Waals surface area contributed by atoms with Crippen LogP contribution in [0.4, 0.5) is 10.7 Å². The van der Waals surface area contributed by atoms with Crippen LogP contribution >= 0.6 is 11.3 Å². The predicted octanol–water partition coefficient (Wildman–Crippen LogP) is 7.85. The molecule has 6 N–H and O–H groups in total. The number of aliphatic hydroxyl groups excluding tert-OH is 5. The Kier molecular flexibility index (Phi) is 6.54. The second-order valence-corrected chi connectivity index (χ2v) is 10.4. The van der Waals surface area contributed by atoms with Gasteiger partial charge in [-0.3, -0.25) is 0 Å². The first kappa shape index (κ1) is 24.3. The Labute approximate surface area is 208 Å². The minimum Gasteiger partial charge on any atom is -0.512 e. The minimum atomic E-state index is -0.880. The number of rotatable bonds is 7. The van der Waals surface area contributed by atoms with Gasteiger partial charge in [-0.25, -0.2) is 0 Å². The quantitative estimate of drug-likeness (QED) is 0.148. The van der Waals surface area contributed by atoms with Crippen molar-refractivity contribution in [1.82, 2.24) is 0 Å². The average molecular weight is 492 g/mol. The van der Waals surface area contributed by atoms with Crippen LogP contribution < -0.4 is 5.32 Å². The van der Waals surface area contributed by atoms with Gasteiger partial charge in [0, 0.05) is 22.4 Å². The first-order chi connectivity index (χ1) is 16.6. The van der Waals surface area contributed by atoms with E-state index >= 15 is 0 Å². The fraction of sp³-hybridized carbons (Fsp3) is 0.214. The number of hydrogen-bond acceptors (Lipinski definition) is 7. The normalized spacial score (nSPS) is 15.7. The molecule has 0 radical (unpaired) electrons. The molecule has 0 bridgehead atoms. The topological polar surface area (TPSA) is 113 Å². The van der Waals surface area contributed by atoms with Crippen molar-refractivity contribution in [3.63, 3.8) is 0 Å². The summed E-state index contributed by atoms with van der Waals surface area (Å²) in [7, 11) is 0. The van der Waals surface area contributed by atoms with Gasteiger partial charge >= 0.3 is 0 Å². The van der Waals surface area contributed by atoms with Gasteiger partial charge in [0.15, 0.2) is 11.5 Å². The highest BCUT2D eigenvalue weighted by Crippen LogP contribution is 2.49. The SMILES string of the molecule is C/C(Cc1ccc(Nc2ccc3c(c2)C(C)(C)c2ccccc2-3)s1)=C(/O)C/C(O)=C(O)\C(O)=C\O. The molecule has 1 aliphatic rings. The summed E-state index contributed by atoms with van der Waals surface area (Å²) >= 11 is 1.57. The van der Waals surface area contributed by atoms with Crippen LogP contribution in [-0.4, -0.2) is 25.5 Å². The zero-order chi connectivity index (χ0) is 25.3. The van der Waals surface area contributed by atoms with Gasteiger partial charge in [-0.2, -0.15) is 0 Å². The molecule has 4 rings (SSSR count). The molecule has 0 aliphatic heterocycles. The third-order valence-electron chi connectivity index (χ3n) is 6.42. The van der Waals surface area contributed by atoms with Crippen LogP contribution in [0.15, 0.2) is 89.5 Å². The zero-order valence-corrected chi connectivity index (χ0v) is 20.6. The van der Waals surface area contributed by atoms with E-state index in [1.165, 1.54) is 22.3 Å². The molecule has 0 spiro atoms. The third kappa shape index (κ3) is 4.72. The Hall–Kier alpha value is -3.84. The second-order valence-electron chi connectivity index (χ2n) is 9.21. The number of allylic oxidation sites excluding steroid dienone is 1. The number of hydrogen-bond donors (Lipinski definition) is 6. The summed E-state index contributed by atoms with van der Waals surface area (Å²) in [6, 6.07) is 19.0. The van der Waals surface area contributed by atoms with E-state index in [9.17, 15) is 20.4 Å². The molecule has 35 heavy (non-hydrogen) atoms. The smallest absolute Gasteiger partial charge is 0.199 e. The Morgan fingerprint density at radius 2 is 1.63 bits per heavy atom. The van der Waals surface area contributed by atoms with Crippen LogP contribution in [0.3, 0.4) is 0 Å². The van der Waals surface area contributed by atoms with Crippen molar-refractivity contribution in [3.05, 3.63) is 105 Å². The van der Waals surface area contributed by atoms with E-state index in [-0.39, 0.29) is 23.9 Å². The summed E-state index contributed by atoms with van der Waals surface area (Å²) in [5, 5.41) is 52.2. The van der Waals surface area contributed by atoms with Crippen LogP contribution in [0, 0.1) is 0 Å². The Balaban J connectivity index is 1.48. The second kappa shape index (κ2) is 9.43. The van der Waals surface area contributed by atoms with Gasteiger partial charge in [0.05, 0.1) is 17.2 Å². The maximum atomic E-state index is 10.3. The monoisotopic (exact) mass is 491 g/mol. The number of thiophene rings is 1. The predicted molar refractivity (Wildman–Crippen MR) is 141 cm³/mol. The summed E-state index contributed by atoms with van der Waals surface area (Å²) in [5.74, 6) is -2.51. The highest BCUT2D eigenvalue weighted by atomic mass is 32.1. The standard InChI is InChI=1S/C28H29NO5S/c1-16(23(31)14-24(32)27(34)25(33)15-30)12-18-9-11-26(35-18)29-17-8-10-20-19-6-4-5-7-21(19)28(2,3)22(20)13-17/h4-11,13,15,29-34H,12,14H2,1-3H3/b23-16-,25-15-,27-24-. The van der Waals surface area contributed by atoms with Crippen LogP contribution in [0.1, 0.15) is 43.2 Å². The van der Waals surface area contributed by atoms with E-state index in [0.29, 0.717) is 12.0 Å². The summed E-state index contributed by atoms with van der Waals surface area (Å²) in [6.07, 6.45) is 0.361. The van der Waals surface area contributed by atoms with Crippen molar-refractivity contribution in [3.8, 4) is 11.1 Å². The minimum absolute atomic E-state index is 0.0676. The molecular weight excluding hydrogens is 462 g/mol. The summed E-state index contributed by atoms with van der Waals surface area (Å²) in [4.78, 5) is 1.01. The third-order valence-corrected chi connectivity index (χ3v) is 7.42. The van der Waals surface area contributed by atoms with E-state index < -0.39 is 17.3 Å². The van der Waals surface area contributed by atoms with Crippen molar-refractivity contribution in [2.45, 2.75) is 39.0 Å². The molecule has 2 aromatic carbocycles. The average Bonchev–Trinajstić information content (AvgIpc) is 3.37. The highest BCUT2D eigenvalue weighted by molar-refractivity contribution is 7.16. The van der Waals surface area contributed by atoms with Gasteiger partial charge in [-0.05, 0) is 59.0 Å². The number of anilines is 2. The van der Waals surface area contributed by atoms with Crippen LogP contribution in [-0.2, 0) is 11.8 Å². The Morgan fingerprint density at radius 1 is 0.914 bits per heavy atom. The molecule has 182 valence electrons. The molecule has 1 aliphatic carbocycles. The van der Waals surface area contributed by atoms with Crippen LogP contribution in [0.5, 0.6) is 0 Å². The van der Waals surface area contributed by atoms with E-state index in [4.69, 9.17) is 5.11 Å². The Bertz CT molecular complexity index is 1360. The lowest BCUT2D eigenvalue weighted by molar-refractivity contribution is 0.258. The van der Waals surface area contributed by atoms with Crippen LogP contribution in [0.2, 0.25) is 0 Å². The van der Waals surface area contributed by atoms with Crippen molar-refractivity contribution >= 4 is 22.0 Å². The van der Waals surface area contributed by atoms with Gasteiger partial charge in [-0.1, -0.05) is 44.2 Å². The van der Waals surface area contributed by atoms with Crippen molar-refractivity contribution < 1.29 is 25.5 Å². The van der Waals surface area contributed by atoms with Crippen LogP contribution in [0.25, 0.3) is 11.1 Å². The van der Waals surface area contributed by atoms with Crippen molar-refractivity contribution in [2.75, 3.05) is 5.32 Å². The van der Waals surface area contributed by atoms with Gasteiger partial charge in [0.1, 0.15) is 12.0 Å². The van der Waals surface area contributed by atoms with Crippen molar-refractivity contribution in [1.29, 1.82) is 0 Å². The summed E-state index contributed by atoms with van der Waals surface area (Å²) < 4.78 is 0. The lowest BCUT2D eigenvalue weighted by Crippen LogP contribution is -2.15. The van der Waals surface area contributed by atoms with E-state index in [1.807, 2.05) is 12.1 Å². The maximum absolute atomic E-state index is 10.3. The first-order valence-corrected chi connectivity index (χ1v) is 12.1. The highest BCUT2D eigenvalue weighted by Gasteiger charge is 2.35. The molecule has 0 atom stereocenters. The fourth-order valence-corrected chi connectivity index (χ4v) is 5.44. The van der Waals surface area contributed by atoms with E-state index in [2.05, 4.69) is 61.6 Å². The van der Waals surface area contributed by atoms with Gasteiger partial charge in [0.2, 0.25) is 0 Å². The van der Waals surface area contributed by atoms with Gasteiger partial charge in [0.25, 0.3) is 0 Å². The molecule has 0 saturated heterocycles. The van der Waals surface area contributed by atoms with E-state index in [0.717, 1.165) is 15.6 Å². The molecule has 0 unspecified atom stereocenters. The van der Waals surface area contributed by atoms with Crippen molar-refractivity contribution in [2.24, 2.45) is 0 Å². The lowest BCUT2D eigenvalue weighted by Gasteiger charge is -2.22. The summed E-state index contributed by atoms with van der Waals surface area (Å²) in [5.41, 5.74) is 6.74. The molecule has 6 nitrogen and oxygen atoms in total. The van der Waals surface area contributed by atoms with Gasteiger partial charge in [-0.15, -0.1) is 11.3 Å². The Morgan fingerprint density at radius 3 is 2.37 bits per heavy atom. The largest absolute Gasteiger partial charge is 0.512 e. The number of aliphatic hydroxyl groups is 5. The molecular formula is C28H29NO5S. The maximum Gasteiger partial charge on any atom is 0.199 e. The fourth-order valence-electron chi connectivity index (χ4n) is 4.43. The molecule has 7 heteroatoms. The lowest BCUT2D eigenvalue weighted by atomic mass is 9.82.